The van der Waals surface area contributed by atoms with Gasteiger partial charge in [0.05, 0.1) is 25.8 Å². The van der Waals surface area contributed by atoms with E-state index in [9.17, 15) is 39.0 Å². The number of hydrogen-bond donors (Lipinski definition) is 10. The number of primary amides is 1. The van der Waals surface area contributed by atoms with Crippen LogP contribution in [0.4, 0.5) is 0 Å². The topological polar surface area (TPSA) is 271 Å². The second-order valence-electron chi connectivity index (χ2n) is 10.8. The summed E-state index contributed by atoms with van der Waals surface area (Å²) in [7, 11) is 0. The number of H-pyrrole nitrogens is 1. The summed E-state index contributed by atoms with van der Waals surface area (Å²) >= 11 is 0. The lowest BCUT2D eigenvalue weighted by Gasteiger charge is -2.25. The molecular formula is C31H40N8O8. The molecule has 1 aromatic heterocycles. The molecule has 1 heterocycles. The Bertz CT molecular complexity index is 1560. The van der Waals surface area contributed by atoms with Gasteiger partial charge in [-0.05, 0) is 24.1 Å². The zero-order chi connectivity index (χ0) is 34.5. The molecule has 0 spiro atoms. The highest BCUT2D eigenvalue weighted by Gasteiger charge is 2.31. The van der Waals surface area contributed by atoms with Crippen molar-refractivity contribution >= 4 is 46.3 Å². The molecule has 12 N–H and O–H groups in total. The number of hydrogen-bond acceptors (Lipinski definition) is 9. The maximum Gasteiger partial charge on any atom is 0.245 e. The van der Waals surface area contributed by atoms with Gasteiger partial charge in [-0.25, -0.2) is 0 Å². The normalized spacial score (nSPS) is 14.1. The summed E-state index contributed by atoms with van der Waals surface area (Å²) < 4.78 is 0. The van der Waals surface area contributed by atoms with E-state index in [1.165, 1.54) is 6.92 Å². The number of amides is 6. The third-order valence-corrected chi connectivity index (χ3v) is 7.13. The summed E-state index contributed by atoms with van der Waals surface area (Å²) in [5.74, 6) is -4.98. The molecule has 5 atom stereocenters. The van der Waals surface area contributed by atoms with E-state index < -0.39 is 85.4 Å². The van der Waals surface area contributed by atoms with Crippen LogP contribution in [-0.4, -0.2) is 101 Å². The van der Waals surface area contributed by atoms with E-state index >= 15 is 0 Å². The van der Waals surface area contributed by atoms with Crippen molar-refractivity contribution in [3.8, 4) is 0 Å². The van der Waals surface area contributed by atoms with Crippen LogP contribution in [0.2, 0.25) is 0 Å². The summed E-state index contributed by atoms with van der Waals surface area (Å²) in [5.41, 5.74) is 12.9. The van der Waals surface area contributed by atoms with Gasteiger partial charge in [-0.15, -0.1) is 0 Å². The Balaban J connectivity index is 1.72. The first-order chi connectivity index (χ1) is 22.4. The number of aliphatic hydroxyl groups excluding tert-OH is 2. The second-order valence-corrected chi connectivity index (χ2v) is 10.8. The standard InChI is InChI=1S/C31H40N8O8/c1-17(32)27(43)36-22(11-18-7-3-2-4-8-18)29(45)38-25(16-41)31(47)39-24(15-40)30(46)37-23(28(44)35-14-26(33)42)12-19-13-34-21-10-6-5-9-20(19)21/h2-10,13,17,22-25,34,40-41H,11-12,14-16,32H2,1H3,(H2,33,42)(H,35,44)(H,36,43)(H,37,46)(H,38,45)(H,39,47)/t17-,22+,23+,24-,25+/m0/s1. The molecule has 0 saturated heterocycles. The quantitative estimate of drug-likeness (QED) is 0.0703. The lowest BCUT2D eigenvalue weighted by Crippen LogP contribution is -2.60. The predicted octanol–water partition coefficient (Wildman–Crippen LogP) is -3.17. The van der Waals surface area contributed by atoms with E-state index in [0.717, 1.165) is 10.9 Å². The smallest absolute Gasteiger partial charge is 0.245 e. The third-order valence-electron chi connectivity index (χ3n) is 7.13. The fourth-order valence-electron chi connectivity index (χ4n) is 4.59. The van der Waals surface area contributed by atoms with Crippen LogP contribution in [0, 0.1) is 0 Å². The molecule has 47 heavy (non-hydrogen) atoms. The fraction of sp³-hybridized carbons (Fsp3) is 0.355. The molecule has 6 amide bonds. The fourth-order valence-corrected chi connectivity index (χ4v) is 4.59. The van der Waals surface area contributed by atoms with Gasteiger partial charge in [0.15, 0.2) is 0 Å². The molecule has 0 bridgehead atoms. The average molecular weight is 653 g/mol. The number of aliphatic hydroxyl groups is 2. The molecule has 16 heteroatoms. The van der Waals surface area contributed by atoms with Gasteiger partial charge < -0.3 is 53.2 Å². The number of carbonyl (C=O) groups excluding carboxylic acids is 6. The van der Waals surface area contributed by atoms with Gasteiger partial charge >= 0.3 is 0 Å². The number of aromatic amines is 1. The monoisotopic (exact) mass is 652 g/mol. The van der Waals surface area contributed by atoms with Crippen LogP contribution < -0.4 is 38.1 Å². The van der Waals surface area contributed by atoms with Gasteiger partial charge in [-0.2, -0.15) is 0 Å². The highest BCUT2D eigenvalue weighted by molar-refractivity contribution is 5.96. The highest BCUT2D eigenvalue weighted by atomic mass is 16.3. The number of para-hydroxylation sites is 1. The van der Waals surface area contributed by atoms with Crippen molar-refractivity contribution in [2.24, 2.45) is 11.5 Å². The Morgan fingerprint density at radius 2 is 1.21 bits per heavy atom. The van der Waals surface area contributed by atoms with Crippen LogP contribution in [-0.2, 0) is 41.6 Å². The van der Waals surface area contributed by atoms with Gasteiger partial charge in [-0.1, -0.05) is 48.5 Å². The molecule has 3 rings (SSSR count). The van der Waals surface area contributed by atoms with E-state index in [0.29, 0.717) is 11.1 Å². The molecule has 0 aliphatic heterocycles. The van der Waals surface area contributed by atoms with E-state index in [4.69, 9.17) is 11.5 Å². The van der Waals surface area contributed by atoms with E-state index in [1.54, 1.807) is 42.6 Å². The van der Waals surface area contributed by atoms with E-state index in [2.05, 4.69) is 31.6 Å². The van der Waals surface area contributed by atoms with Crippen molar-refractivity contribution in [3.05, 3.63) is 71.9 Å². The second kappa shape index (κ2) is 17.4. The minimum Gasteiger partial charge on any atom is -0.394 e. The van der Waals surface area contributed by atoms with Gasteiger partial charge in [0.25, 0.3) is 0 Å². The summed E-state index contributed by atoms with van der Waals surface area (Å²) in [6, 6.07) is 9.43. The molecule has 252 valence electrons. The van der Waals surface area contributed by atoms with Gasteiger partial charge in [0, 0.05) is 29.9 Å². The van der Waals surface area contributed by atoms with Gasteiger partial charge in [0.2, 0.25) is 35.4 Å². The molecular weight excluding hydrogens is 612 g/mol. The number of carbonyl (C=O) groups is 6. The summed E-state index contributed by atoms with van der Waals surface area (Å²) in [5, 5.41) is 32.6. The Kier molecular flexibility index (Phi) is 13.4. The number of fused-ring (bicyclic) bond motifs is 1. The van der Waals surface area contributed by atoms with Crippen LogP contribution in [0.5, 0.6) is 0 Å². The van der Waals surface area contributed by atoms with Crippen molar-refractivity contribution < 1.29 is 39.0 Å². The van der Waals surface area contributed by atoms with Gasteiger partial charge in [-0.3, -0.25) is 28.8 Å². The first-order valence-corrected chi connectivity index (χ1v) is 14.8. The van der Waals surface area contributed by atoms with Crippen LogP contribution in [0.3, 0.4) is 0 Å². The molecule has 16 nitrogen and oxygen atoms in total. The van der Waals surface area contributed by atoms with Crippen LogP contribution in [0.15, 0.2) is 60.8 Å². The van der Waals surface area contributed by atoms with Crippen molar-refractivity contribution in [1.82, 2.24) is 31.6 Å². The molecule has 0 radical (unpaired) electrons. The zero-order valence-electron chi connectivity index (χ0n) is 25.7. The van der Waals surface area contributed by atoms with Crippen LogP contribution >= 0.6 is 0 Å². The average Bonchev–Trinajstić information content (AvgIpc) is 3.46. The summed E-state index contributed by atoms with van der Waals surface area (Å²) in [4.78, 5) is 79.0. The Hall–Kier alpha value is -5.32. The number of benzene rings is 2. The number of aromatic nitrogens is 1. The predicted molar refractivity (Wildman–Crippen MR) is 170 cm³/mol. The lowest BCUT2D eigenvalue weighted by molar-refractivity contribution is -0.136. The van der Waals surface area contributed by atoms with Crippen molar-refractivity contribution in [2.45, 2.75) is 50.0 Å². The largest absolute Gasteiger partial charge is 0.394 e. The van der Waals surface area contributed by atoms with E-state index in [1.807, 2.05) is 18.2 Å². The maximum atomic E-state index is 13.2. The molecule has 2 aromatic carbocycles. The lowest BCUT2D eigenvalue weighted by atomic mass is 10.0. The van der Waals surface area contributed by atoms with Crippen molar-refractivity contribution in [1.29, 1.82) is 0 Å². The Morgan fingerprint density at radius 3 is 1.79 bits per heavy atom. The molecule has 0 aliphatic rings. The summed E-state index contributed by atoms with van der Waals surface area (Å²) in [6.45, 7) is -0.862. The Morgan fingerprint density at radius 1 is 0.702 bits per heavy atom. The minimum atomic E-state index is -1.61. The first kappa shape index (κ1) is 36.2. The molecule has 0 unspecified atom stereocenters. The maximum absolute atomic E-state index is 13.2. The summed E-state index contributed by atoms with van der Waals surface area (Å²) in [6.07, 6.45) is 1.67. The number of nitrogens with two attached hydrogens (primary N) is 2. The van der Waals surface area contributed by atoms with Crippen molar-refractivity contribution in [3.63, 3.8) is 0 Å². The molecule has 3 aromatic rings. The molecule has 0 aliphatic carbocycles. The number of rotatable bonds is 17. The SMILES string of the molecule is C[C@H](N)C(=O)N[C@H](Cc1ccccc1)C(=O)N[C@H](CO)C(=O)N[C@@H](CO)C(=O)N[C@H](Cc1c[nH]c2ccccc12)C(=O)NCC(N)=O. The number of nitrogens with one attached hydrogen (secondary N) is 6. The van der Waals surface area contributed by atoms with Crippen LogP contribution in [0.25, 0.3) is 10.9 Å². The molecule has 0 fully saturated rings. The zero-order valence-corrected chi connectivity index (χ0v) is 25.7. The minimum absolute atomic E-state index is 0.0301. The third kappa shape index (κ3) is 10.6. The van der Waals surface area contributed by atoms with E-state index in [-0.39, 0.29) is 12.8 Å². The van der Waals surface area contributed by atoms with Crippen LogP contribution in [0.1, 0.15) is 18.1 Å². The first-order valence-electron chi connectivity index (χ1n) is 14.8. The Labute approximate surface area is 270 Å². The highest BCUT2D eigenvalue weighted by Crippen LogP contribution is 2.19. The molecule has 0 saturated carbocycles. The van der Waals surface area contributed by atoms with Gasteiger partial charge in [0.1, 0.15) is 24.2 Å². The van der Waals surface area contributed by atoms with Crippen molar-refractivity contribution in [2.75, 3.05) is 19.8 Å².